The Kier molecular flexibility index (Phi) is 4.11. The highest BCUT2D eigenvalue weighted by molar-refractivity contribution is 5.82. The fourth-order valence-corrected chi connectivity index (χ4v) is 1.96. The summed E-state index contributed by atoms with van der Waals surface area (Å²) in [6.45, 7) is 3.20. The number of nitrogens with zero attached hydrogens (tertiary/aromatic N) is 2. The molecule has 2 aromatic rings. The number of Topliss-reactive ketones (excluding diaryl/α,β-unsaturated/α-hetero) is 1. The van der Waals surface area contributed by atoms with Crippen molar-refractivity contribution in [2.45, 2.75) is 32.4 Å². The van der Waals surface area contributed by atoms with Gasteiger partial charge in [0.05, 0.1) is 11.5 Å². The van der Waals surface area contributed by atoms with E-state index in [1.807, 2.05) is 0 Å². The van der Waals surface area contributed by atoms with Crippen LogP contribution in [0.25, 0.3) is 11.4 Å². The molecule has 0 bridgehead atoms. The Morgan fingerprint density at radius 3 is 2.67 bits per heavy atom. The van der Waals surface area contributed by atoms with Crippen LogP contribution in [-0.2, 0) is 11.0 Å². The van der Waals surface area contributed by atoms with Crippen LogP contribution in [0.3, 0.4) is 0 Å². The number of benzene rings is 1. The van der Waals surface area contributed by atoms with E-state index >= 15 is 0 Å². The molecule has 0 saturated heterocycles. The summed E-state index contributed by atoms with van der Waals surface area (Å²) in [5.41, 5.74) is -0.594. The molecule has 0 aliphatic rings. The molecule has 7 heteroatoms. The normalized spacial score (nSPS) is 13.2. The third kappa shape index (κ3) is 3.29. The Hall–Kier alpha value is -2.18. The van der Waals surface area contributed by atoms with Crippen LogP contribution < -0.4 is 0 Å². The smallest absolute Gasteiger partial charge is 0.338 e. The number of aromatic nitrogens is 2. The minimum Gasteiger partial charge on any atom is -0.338 e. The molecular weight excluding hydrogens is 285 g/mol. The molecule has 1 atom stereocenters. The summed E-state index contributed by atoms with van der Waals surface area (Å²) < 4.78 is 43.0. The zero-order valence-electron chi connectivity index (χ0n) is 11.4. The maximum atomic E-state index is 12.7. The lowest BCUT2D eigenvalue weighted by Gasteiger charge is -2.06. The largest absolute Gasteiger partial charge is 0.416 e. The molecule has 4 nitrogen and oxygen atoms in total. The van der Waals surface area contributed by atoms with E-state index in [1.165, 1.54) is 19.1 Å². The highest BCUT2D eigenvalue weighted by Gasteiger charge is 2.31. The molecular formula is C14H13F3N2O2. The number of carbonyl (C=O) groups is 1. The monoisotopic (exact) mass is 298 g/mol. The van der Waals surface area contributed by atoms with Crippen molar-refractivity contribution in [2.75, 3.05) is 0 Å². The van der Waals surface area contributed by atoms with Crippen LogP contribution in [0.15, 0.2) is 28.8 Å². The van der Waals surface area contributed by atoms with E-state index in [2.05, 4.69) is 10.1 Å². The minimum absolute atomic E-state index is 0.0378. The van der Waals surface area contributed by atoms with Gasteiger partial charge in [-0.1, -0.05) is 24.2 Å². The Morgan fingerprint density at radius 2 is 2.10 bits per heavy atom. The molecule has 0 fully saturated rings. The van der Waals surface area contributed by atoms with Crippen molar-refractivity contribution in [3.63, 3.8) is 0 Å². The molecule has 2 rings (SSSR count). The summed E-state index contributed by atoms with van der Waals surface area (Å²) in [4.78, 5) is 15.5. The zero-order chi connectivity index (χ0) is 15.6. The van der Waals surface area contributed by atoms with Gasteiger partial charge in [-0.25, -0.2) is 0 Å². The van der Waals surface area contributed by atoms with Crippen LogP contribution in [0.1, 0.15) is 37.6 Å². The van der Waals surface area contributed by atoms with Gasteiger partial charge in [0, 0.05) is 5.56 Å². The topological polar surface area (TPSA) is 56.0 Å². The molecule has 1 aromatic heterocycles. The van der Waals surface area contributed by atoms with Crippen LogP contribution in [0.4, 0.5) is 13.2 Å². The van der Waals surface area contributed by atoms with E-state index in [-0.39, 0.29) is 23.1 Å². The van der Waals surface area contributed by atoms with Gasteiger partial charge in [0.1, 0.15) is 5.78 Å². The lowest BCUT2D eigenvalue weighted by Crippen LogP contribution is -2.07. The van der Waals surface area contributed by atoms with Crippen molar-refractivity contribution in [3.8, 4) is 11.4 Å². The van der Waals surface area contributed by atoms with Gasteiger partial charge in [0.15, 0.2) is 0 Å². The Morgan fingerprint density at radius 1 is 1.38 bits per heavy atom. The van der Waals surface area contributed by atoms with E-state index < -0.39 is 17.7 Å². The fourth-order valence-electron chi connectivity index (χ4n) is 1.96. The van der Waals surface area contributed by atoms with E-state index in [9.17, 15) is 18.0 Å². The third-order valence-electron chi connectivity index (χ3n) is 3.09. The Balaban J connectivity index is 2.36. The number of hydrogen-bond acceptors (Lipinski definition) is 4. The van der Waals surface area contributed by atoms with Gasteiger partial charge < -0.3 is 4.52 Å². The molecule has 112 valence electrons. The highest BCUT2D eigenvalue weighted by atomic mass is 19.4. The molecule has 1 heterocycles. The first kappa shape index (κ1) is 15.2. The third-order valence-corrected chi connectivity index (χ3v) is 3.09. The lowest BCUT2D eigenvalue weighted by atomic mass is 10.0. The summed E-state index contributed by atoms with van der Waals surface area (Å²) >= 11 is 0. The number of halogens is 3. The van der Waals surface area contributed by atoms with Crippen molar-refractivity contribution in [1.82, 2.24) is 10.1 Å². The minimum atomic E-state index is -4.44. The highest BCUT2D eigenvalue weighted by Crippen LogP contribution is 2.31. The second kappa shape index (κ2) is 5.67. The maximum absolute atomic E-state index is 12.7. The predicted octanol–water partition coefficient (Wildman–Crippen LogP) is 3.84. The molecule has 21 heavy (non-hydrogen) atoms. The van der Waals surface area contributed by atoms with Crippen LogP contribution in [0.5, 0.6) is 0 Å². The summed E-state index contributed by atoms with van der Waals surface area (Å²) in [5, 5.41) is 3.66. The lowest BCUT2D eigenvalue weighted by molar-refractivity contribution is -0.137. The van der Waals surface area contributed by atoms with E-state index in [0.29, 0.717) is 6.42 Å². The van der Waals surface area contributed by atoms with Crippen molar-refractivity contribution in [3.05, 3.63) is 35.7 Å². The number of carbonyl (C=O) groups excluding carboxylic acids is 1. The molecule has 0 N–H and O–H groups in total. The van der Waals surface area contributed by atoms with Gasteiger partial charge in [-0.15, -0.1) is 0 Å². The summed E-state index contributed by atoms with van der Waals surface area (Å²) in [7, 11) is 0. The van der Waals surface area contributed by atoms with Gasteiger partial charge in [0.2, 0.25) is 11.7 Å². The van der Waals surface area contributed by atoms with Crippen LogP contribution in [-0.4, -0.2) is 15.9 Å². The fraction of sp³-hybridized carbons (Fsp3) is 0.357. The molecule has 0 spiro atoms. The number of ketones is 1. The second-order valence-corrected chi connectivity index (χ2v) is 4.61. The van der Waals surface area contributed by atoms with Crippen LogP contribution in [0, 0.1) is 0 Å². The number of rotatable bonds is 4. The van der Waals surface area contributed by atoms with Crippen LogP contribution >= 0.6 is 0 Å². The van der Waals surface area contributed by atoms with Gasteiger partial charge in [-0.2, -0.15) is 18.2 Å². The quantitative estimate of drug-likeness (QED) is 0.860. The predicted molar refractivity (Wildman–Crippen MR) is 68.4 cm³/mol. The summed E-state index contributed by atoms with van der Waals surface area (Å²) in [5.74, 6) is -0.498. The molecule has 0 saturated carbocycles. The second-order valence-electron chi connectivity index (χ2n) is 4.61. The van der Waals surface area contributed by atoms with Crippen molar-refractivity contribution in [2.24, 2.45) is 0 Å². The molecule has 1 unspecified atom stereocenters. The average molecular weight is 298 g/mol. The molecule has 0 radical (unpaired) electrons. The number of alkyl halides is 3. The molecule has 0 aliphatic carbocycles. The van der Waals surface area contributed by atoms with Crippen molar-refractivity contribution >= 4 is 5.78 Å². The van der Waals surface area contributed by atoms with E-state index in [1.54, 1.807) is 6.92 Å². The SMILES string of the molecule is CCC(C(C)=O)c1nc(-c2cccc(C(F)(F)F)c2)no1. The van der Waals surface area contributed by atoms with Crippen LogP contribution in [0.2, 0.25) is 0 Å². The summed E-state index contributed by atoms with van der Waals surface area (Å²) in [6.07, 6.45) is -3.95. The molecule has 1 aromatic carbocycles. The zero-order valence-corrected chi connectivity index (χ0v) is 11.4. The van der Waals surface area contributed by atoms with E-state index in [4.69, 9.17) is 4.52 Å². The van der Waals surface area contributed by atoms with Crippen molar-refractivity contribution < 1.29 is 22.5 Å². The first-order valence-electron chi connectivity index (χ1n) is 6.34. The summed E-state index contributed by atoms with van der Waals surface area (Å²) in [6, 6.07) is 4.65. The van der Waals surface area contributed by atoms with Crippen molar-refractivity contribution in [1.29, 1.82) is 0 Å². The first-order chi connectivity index (χ1) is 9.82. The average Bonchev–Trinajstić information content (AvgIpc) is 2.88. The Labute approximate surface area is 119 Å². The van der Waals surface area contributed by atoms with Gasteiger partial charge >= 0.3 is 6.18 Å². The maximum Gasteiger partial charge on any atom is 0.416 e. The van der Waals surface area contributed by atoms with E-state index in [0.717, 1.165) is 12.1 Å². The number of hydrogen-bond donors (Lipinski definition) is 0. The van der Waals surface area contributed by atoms with Gasteiger partial charge in [0.25, 0.3) is 0 Å². The standard InChI is InChI=1S/C14H13F3N2O2/c1-3-11(8(2)20)13-18-12(19-21-13)9-5-4-6-10(7-9)14(15,16)17/h4-7,11H,3H2,1-2H3. The van der Waals surface area contributed by atoms with Gasteiger partial charge in [-0.05, 0) is 25.5 Å². The Bertz CT molecular complexity index is 650. The first-order valence-corrected chi connectivity index (χ1v) is 6.34. The molecule has 0 amide bonds. The van der Waals surface area contributed by atoms with Gasteiger partial charge in [-0.3, -0.25) is 4.79 Å². The molecule has 0 aliphatic heterocycles.